The molecule has 0 spiro atoms. The van der Waals surface area contributed by atoms with Crippen LogP contribution in [-0.4, -0.2) is 27.5 Å². The van der Waals surface area contributed by atoms with Gasteiger partial charge in [0.05, 0.1) is 17.1 Å². The highest BCUT2D eigenvalue weighted by atomic mass is 79.9. The van der Waals surface area contributed by atoms with Crippen molar-refractivity contribution in [3.05, 3.63) is 88.4 Å². The van der Waals surface area contributed by atoms with E-state index >= 15 is 0 Å². The molecule has 1 amide bonds. The Balaban J connectivity index is 1.60. The number of ether oxygens (including phenoxy) is 1. The van der Waals surface area contributed by atoms with Crippen LogP contribution >= 0.6 is 15.9 Å². The van der Waals surface area contributed by atoms with Crippen LogP contribution in [0.15, 0.2) is 82.2 Å². The molecule has 0 radical (unpaired) electrons. The summed E-state index contributed by atoms with van der Waals surface area (Å²) in [7, 11) is -3.65. The van der Waals surface area contributed by atoms with Crippen LogP contribution in [0.2, 0.25) is 0 Å². The summed E-state index contributed by atoms with van der Waals surface area (Å²) in [5.41, 5.74) is 1.96. The van der Waals surface area contributed by atoms with E-state index in [1.165, 1.54) is 12.1 Å². The van der Waals surface area contributed by atoms with E-state index in [9.17, 15) is 13.2 Å². The van der Waals surface area contributed by atoms with Gasteiger partial charge in [0, 0.05) is 16.7 Å². The lowest BCUT2D eigenvalue weighted by Crippen LogP contribution is -2.26. The molecule has 3 aromatic carbocycles. The first-order valence-electron chi connectivity index (χ1n) is 11.8. The highest BCUT2D eigenvalue weighted by Crippen LogP contribution is 2.25. The zero-order valence-electron chi connectivity index (χ0n) is 19.8. The third kappa shape index (κ3) is 8.49. The van der Waals surface area contributed by atoms with Gasteiger partial charge in [0.1, 0.15) is 5.75 Å². The second-order valence-corrected chi connectivity index (χ2v) is 10.8. The van der Waals surface area contributed by atoms with Crippen molar-refractivity contribution in [2.75, 3.05) is 18.5 Å². The van der Waals surface area contributed by atoms with Crippen LogP contribution in [0.1, 0.15) is 48.5 Å². The van der Waals surface area contributed by atoms with Crippen molar-refractivity contribution in [3.63, 3.8) is 0 Å². The van der Waals surface area contributed by atoms with Gasteiger partial charge in [0.15, 0.2) is 0 Å². The lowest BCUT2D eigenvalue weighted by atomic mass is 10.1. The Morgan fingerprint density at radius 2 is 1.69 bits per heavy atom. The quantitative estimate of drug-likeness (QED) is 0.245. The van der Waals surface area contributed by atoms with Crippen molar-refractivity contribution >= 4 is 37.5 Å². The average Bonchev–Trinajstić information content (AvgIpc) is 2.85. The van der Waals surface area contributed by atoms with Crippen LogP contribution in [0.25, 0.3) is 0 Å². The predicted molar refractivity (Wildman–Crippen MR) is 144 cm³/mol. The van der Waals surface area contributed by atoms with E-state index in [1.807, 2.05) is 36.4 Å². The molecule has 0 heterocycles. The highest BCUT2D eigenvalue weighted by molar-refractivity contribution is 9.10. The molecule has 0 saturated heterocycles. The molecule has 0 aliphatic rings. The SMILES string of the molecule is CCCCCCOc1ccc(Br)cc1C(=O)Nc1ccc(S(=O)(=O)NCCc2ccccc2)cc1. The van der Waals surface area contributed by atoms with Crippen molar-refractivity contribution in [1.29, 1.82) is 0 Å². The number of halogens is 1. The van der Waals surface area contributed by atoms with Gasteiger partial charge in [-0.25, -0.2) is 13.1 Å². The molecule has 0 saturated carbocycles. The van der Waals surface area contributed by atoms with E-state index in [4.69, 9.17) is 4.74 Å². The zero-order valence-corrected chi connectivity index (χ0v) is 22.2. The van der Waals surface area contributed by atoms with Gasteiger partial charge in [-0.05, 0) is 60.9 Å². The fraction of sp³-hybridized carbons (Fsp3) is 0.296. The number of amides is 1. The summed E-state index contributed by atoms with van der Waals surface area (Å²) < 4.78 is 34.5. The number of sulfonamides is 1. The number of benzene rings is 3. The highest BCUT2D eigenvalue weighted by Gasteiger charge is 2.16. The fourth-order valence-electron chi connectivity index (χ4n) is 3.49. The largest absolute Gasteiger partial charge is 0.493 e. The fourth-order valence-corrected chi connectivity index (χ4v) is 4.88. The van der Waals surface area contributed by atoms with Crippen LogP contribution in [0.3, 0.4) is 0 Å². The smallest absolute Gasteiger partial charge is 0.259 e. The number of nitrogens with one attached hydrogen (secondary N) is 2. The Kier molecular flexibility index (Phi) is 10.3. The first-order valence-corrected chi connectivity index (χ1v) is 14.0. The summed E-state index contributed by atoms with van der Waals surface area (Å²) in [6.07, 6.45) is 4.93. The van der Waals surface area contributed by atoms with Crippen LogP contribution in [0.5, 0.6) is 5.75 Å². The Morgan fingerprint density at radius 3 is 2.40 bits per heavy atom. The van der Waals surface area contributed by atoms with E-state index in [-0.39, 0.29) is 10.8 Å². The van der Waals surface area contributed by atoms with E-state index in [1.54, 1.807) is 24.3 Å². The Hall–Kier alpha value is -2.68. The van der Waals surface area contributed by atoms with Crippen LogP contribution in [0, 0.1) is 0 Å². The molecule has 0 atom stereocenters. The van der Waals surface area contributed by atoms with Gasteiger partial charge in [-0.15, -0.1) is 0 Å². The molecule has 186 valence electrons. The van der Waals surface area contributed by atoms with Crippen molar-refractivity contribution in [2.45, 2.75) is 43.9 Å². The lowest BCUT2D eigenvalue weighted by molar-refractivity contribution is 0.102. The summed E-state index contributed by atoms with van der Waals surface area (Å²) in [6.45, 7) is 3.00. The summed E-state index contributed by atoms with van der Waals surface area (Å²) >= 11 is 3.41. The molecule has 0 bridgehead atoms. The number of rotatable bonds is 13. The third-order valence-corrected chi connectivity index (χ3v) is 7.38. The van der Waals surface area contributed by atoms with E-state index in [2.05, 4.69) is 32.9 Å². The Morgan fingerprint density at radius 1 is 0.943 bits per heavy atom. The molecule has 0 fully saturated rings. The first-order chi connectivity index (χ1) is 16.9. The summed E-state index contributed by atoms with van der Waals surface area (Å²) in [4.78, 5) is 13.1. The molecular formula is C27H31BrN2O4S. The molecule has 3 aromatic rings. The van der Waals surface area contributed by atoms with Crippen LogP contribution in [-0.2, 0) is 16.4 Å². The molecule has 0 unspecified atom stereocenters. The molecule has 35 heavy (non-hydrogen) atoms. The minimum absolute atomic E-state index is 0.141. The molecule has 0 aromatic heterocycles. The van der Waals surface area contributed by atoms with E-state index in [0.29, 0.717) is 36.6 Å². The minimum atomic E-state index is -3.65. The number of hydrogen-bond acceptors (Lipinski definition) is 4. The summed E-state index contributed by atoms with van der Waals surface area (Å²) in [5.74, 6) is 0.190. The lowest BCUT2D eigenvalue weighted by Gasteiger charge is -2.13. The molecule has 6 nitrogen and oxygen atoms in total. The van der Waals surface area contributed by atoms with Crippen molar-refractivity contribution in [2.24, 2.45) is 0 Å². The number of unbranched alkanes of at least 4 members (excludes halogenated alkanes) is 3. The molecular weight excluding hydrogens is 528 g/mol. The van der Waals surface area contributed by atoms with Gasteiger partial charge >= 0.3 is 0 Å². The predicted octanol–water partition coefficient (Wildman–Crippen LogP) is 6.18. The number of hydrogen-bond donors (Lipinski definition) is 2. The maximum absolute atomic E-state index is 12.9. The van der Waals surface area contributed by atoms with Gasteiger partial charge in [-0.2, -0.15) is 0 Å². The van der Waals surface area contributed by atoms with Gasteiger partial charge in [-0.1, -0.05) is 72.4 Å². The van der Waals surface area contributed by atoms with Crippen LogP contribution < -0.4 is 14.8 Å². The second-order valence-electron chi connectivity index (χ2n) is 8.16. The summed E-state index contributed by atoms with van der Waals surface area (Å²) in [5, 5.41) is 2.82. The maximum atomic E-state index is 12.9. The Labute approximate surface area is 216 Å². The Bertz CT molecular complexity index is 1200. The van der Waals surface area contributed by atoms with Crippen LogP contribution in [0.4, 0.5) is 5.69 Å². The van der Waals surface area contributed by atoms with Crippen molar-refractivity contribution in [1.82, 2.24) is 4.72 Å². The molecule has 8 heteroatoms. The maximum Gasteiger partial charge on any atom is 0.259 e. The number of carbonyl (C=O) groups excluding carboxylic acids is 1. The summed E-state index contributed by atoms with van der Waals surface area (Å²) in [6, 6.07) is 21.1. The normalized spacial score (nSPS) is 11.3. The van der Waals surface area contributed by atoms with Gasteiger partial charge < -0.3 is 10.1 Å². The molecule has 0 aliphatic heterocycles. The van der Waals surface area contributed by atoms with Gasteiger partial charge in [0.2, 0.25) is 10.0 Å². The van der Waals surface area contributed by atoms with Gasteiger partial charge in [0.25, 0.3) is 5.91 Å². The van der Waals surface area contributed by atoms with Crippen molar-refractivity contribution < 1.29 is 17.9 Å². The number of carbonyl (C=O) groups is 1. The number of anilines is 1. The second kappa shape index (κ2) is 13.4. The van der Waals surface area contributed by atoms with E-state index < -0.39 is 10.0 Å². The van der Waals surface area contributed by atoms with Gasteiger partial charge in [-0.3, -0.25) is 4.79 Å². The molecule has 0 aliphatic carbocycles. The van der Waals surface area contributed by atoms with Crippen molar-refractivity contribution in [3.8, 4) is 5.75 Å². The average molecular weight is 560 g/mol. The third-order valence-electron chi connectivity index (χ3n) is 5.41. The minimum Gasteiger partial charge on any atom is -0.493 e. The van der Waals surface area contributed by atoms with E-state index in [0.717, 1.165) is 35.7 Å². The standard InChI is InChI=1S/C27H31BrN2O4S/c1-2-3-4-8-19-34-26-16-11-22(28)20-25(26)27(31)30-23-12-14-24(15-13-23)35(32,33)29-18-17-21-9-6-5-7-10-21/h5-7,9-16,20,29H,2-4,8,17-19H2,1H3,(H,30,31). The first kappa shape index (κ1) is 26.9. The molecule has 2 N–H and O–H groups in total. The monoisotopic (exact) mass is 558 g/mol. The topological polar surface area (TPSA) is 84.5 Å². The zero-order chi connectivity index (χ0) is 25.1. The molecule has 3 rings (SSSR count).